The molecule has 0 aliphatic rings. The molecule has 3 heteroatoms. The van der Waals surface area contributed by atoms with E-state index in [4.69, 9.17) is 4.74 Å². The molecule has 0 fully saturated rings. The maximum Gasteiger partial charge on any atom is 0.119 e. The summed E-state index contributed by atoms with van der Waals surface area (Å²) in [5.74, 6) is 0.948. The fourth-order valence-corrected chi connectivity index (χ4v) is 3.02. The molecule has 1 N–H and O–H groups in total. The van der Waals surface area contributed by atoms with Gasteiger partial charge in [-0.1, -0.05) is 25.1 Å². The average Bonchev–Trinajstić information content (AvgIpc) is 2.90. The normalized spacial score (nSPS) is 12.3. The lowest BCUT2D eigenvalue weighted by Crippen LogP contribution is -2.24. The first kappa shape index (κ1) is 15.1. The molecule has 20 heavy (non-hydrogen) atoms. The van der Waals surface area contributed by atoms with Gasteiger partial charge >= 0.3 is 0 Å². The van der Waals surface area contributed by atoms with Crippen LogP contribution in [0.4, 0.5) is 0 Å². The summed E-state index contributed by atoms with van der Waals surface area (Å²) in [5.41, 5.74) is 1.42. The topological polar surface area (TPSA) is 21.3 Å². The Labute approximate surface area is 125 Å². The molecule has 0 spiro atoms. The molecule has 2 rings (SSSR count). The van der Waals surface area contributed by atoms with Gasteiger partial charge in [-0.15, -0.1) is 11.3 Å². The highest BCUT2D eigenvalue weighted by Crippen LogP contribution is 2.25. The molecule has 0 saturated carbocycles. The molecule has 108 valence electrons. The zero-order chi connectivity index (χ0) is 14.2. The van der Waals surface area contributed by atoms with E-state index in [1.54, 1.807) is 0 Å². The molecule has 1 aromatic carbocycles. The molecule has 0 amide bonds. The minimum Gasteiger partial charge on any atom is -0.494 e. The molecular weight excluding hydrogens is 266 g/mol. The summed E-state index contributed by atoms with van der Waals surface area (Å²) in [6, 6.07) is 12.7. The van der Waals surface area contributed by atoms with Gasteiger partial charge in [0.2, 0.25) is 0 Å². The molecule has 0 radical (unpaired) electrons. The van der Waals surface area contributed by atoms with E-state index in [2.05, 4.69) is 30.6 Å². The van der Waals surface area contributed by atoms with Crippen molar-refractivity contribution in [2.75, 3.05) is 13.2 Å². The number of benzene rings is 1. The van der Waals surface area contributed by atoms with Gasteiger partial charge in [-0.3, -0.25) is 0 Å². The molecule has 0 aliphatic carbocycles. The van der Waals surface area contributed by atoms with Crippen LogP contribution in [0.2, 0.25) is 0 Å². The van der Waals surface area contributed by atoms with E-state index >= 15 is 0 Å². The van der Waals surface area contributed by atoms with Crippen LogP contribution in [-0.4, -0.2) is 13.2 Å². The summed E-state index contributed by atoms with van der Waals surface area (Å²) in [7, 11) is 0. The van der Waals surface area contributed by atoms with Crippen molar-refractivity contribution < 1.29 is 4.74 Å². The van der Waals surface area contributed by atoms with Gasteiger partial charge in [0.25, 0.3) is 0 Å². The first-order chi connectivity index (χ1) is 9.81. The van der Waals surface area contributed by atoms with Crippen molar-refractivity contribution in [3.63, 3.8) is 0 Å². The van der Waals surface area contributed by atoms with Crippen molar-refractivity contribution in [2.24, 2.45) is 0 Å². The van der Waals surface area contributed by atoms with Crippen LogP contribution in [0, 0.1) is 6.92 Å². The van der Waals surface area contributed by atoms with Gasteiger partial charge in [0, 0.05) is 17.3 Å². The van der Waals surface area contributed by atoms with Crippen LogP contribution in [0.25, 0.3) is 0 Å². The average molecular weight is 289 g/mol. The zero-order valence-corrected chi connectivity index (χ0v) is 13.1. The molecule has 1 aromatic heterocycles. The van der Waals surface area contributed by atoms with Crippen LogP contribution in [0.1, 0.15) is 36.2 Å². The van der Waals surface area contributed by atoms with E-state index in [0.29, 0.717) is 6.04 Å². The molecule has 1 atom stereocenters. The monoisotopic (exact) mass is 289 g/mol. The summed E-state index contributed by atoms with van der Waals surface area (Å²) < 4.78 is 5.82. The van der Waals surface area contributed by atoms with Gasteiger partial charge in [-0.05, 0) is 49.0 Å². The Kier molecular flexibility index (Phi) is 6.09. The standard InChI is InChI=1S/C17H23NOS/c1-3-11-18-17(16-10-13-20-14(16)2)9-12-19-15-7-5-4-6-8-15/h4-8,10,13,17-18H,3,9,11-12H2,1-2H3. The van der Waals surface area contributed by atoms with Crippen LogP contribution < -0.4 is 10.1 Å². The number of ether oxygens (including phenoxy) is 1. The maximum absolute atomic E-state index is 5.82. The minimum absolute atomic E-state index is 0.393. The molecule has 0 bridgehead atoms. The number of nitrogens with one attached hydrogen (secondary N) is 1. The fraction of sp³-hybridized carbons (Fsp3) is 0.412. The lowest BCUT2D eigenvalue weighted by Gasteiger charge is -2.19. The molecule has 0 saturated heterocycles. The van der Waals surface area contributed by atoms with E-state index in [-0.39, 0.29) is 0 Å². The van der Waals surface area contributed by atoms with Crippen LogP contribution in [0.5, 0.6) is 5.75 Å². The van der Waals surface area contributed by atoms with Crippen LogP contribution in [0.15, 0.2) is 41.8 Å². The van der Waals surface area contributed by atoms with Crippen LogP contribution >= 0.6 is 11.3 Å². The third kappa shape index (κ3) is 4.36. The molecule has 1 heterocycles. The Morgan fingerprint density at radius 3 is 2.65 bits per heavy atom. The summed E-state index contributed by atoms with van der Waals surface area (Å²) in [5, 5.41) is 5.80. The highest BCUT2D eigenvalue weighted by molar-refractivity contribution is 7.10. The molecule has 1 unspecified atom stereocenters. The highest BCUT2D eigenvalue weighted by Gasteiger charge is 2.14. The Balaban J connectivity index is 1.89. The smallest absolute Gasteiger partial charge is 0.119 e. The Hall–Kier alpha value is -1.32. The van der Waals surface area contributed by atoms with Gasteiger partial charge in [0.05, 0.1) is 6.61 Å². The Bertz CT molecular complexity index is 495. The lowest BCUT2D eigenvalue weighted by molar-refractivity contribution is 0.286. The van der Waals surface area contributed by atoms with Crippen LogP contribution in [0.3, 0.4) is 0 Å². The third-order valence-corrected chi connectivity index (χ3v) is 4.19. The van der Waals surface area contributed by atoms with E-state index in [1.807, 2.05) is 41.7 Å². The van der Waals surface area contributed by atoms with Crippen molar-refractivity contribution in [1.29, 1.82) is 0 Å². The first-order valence-corrected chi connectivity index (χ1v) is 8.14. The summed E-state index contributed by atoms with van der Waals surface area (Å²) >= 11 is 1.82. The van der Waals surface area contributed by atoms with Crippen LogP contribution in [-0.2, 0) is 0 Å². The van der Waals surface area contributed by atoms with E-state index in [0.717, 1.165) is 31.7 Å². The zero-order valence-electron chi connectivity index (χ0n) is 12.3. The van der Waals surface area contributed by atoms with E-state index in [9.17, 15) is 0 Å². The Morgan fingerprint density at radius 1 is 1.20 bits per heavy atom. The van der Waals surface area contributed by atoms with Gasteiger partial charge < -0.3 is 10.1 Å². The Morgan fingerprint density at radius 2 is 2.00 bits per heavy atom. The quantitative estimate of drug-likeness (QED) is 0.769. The second-order valence-corrected chi connectivity index (χ2v) is 6.01. The van der Waals surface area contributed by atoms with Crippen molar-refractivity contribution in [2.45, 2.75) is 32.7 Å². The van der Waals surface area contributed by atoms with Crippen molar-refractivity contribution in [3.05, 3.63) is 52.2 Å². The summed E-state index contributed by atoms with van der Waals surface area (Å²) in [4.78, 5) is 1.40. The second-order valence-electron chi connectivity index (χ2n) is 4.89. The summed E-state index contributed by atoms with van der Waals surface area (Å²) in [6.45, 7) is 6.18. The second kappa shape index (κ2) is 8.08. The van der Waals surface area contributed by atoms with E-state index in [1.165, 1.54) is 10.4 Å². The van der Waals surface area contributed by atoms with Gasteiger partial charge in [0.15, 0.2) is 0 Å². The maximum atomic E-state index is 5.82. The number of hydrogen-bond donors (Lipinski definition) is 1. The number of hydrogen-bond acceptors (Lipinski definition) is 3. The number of para-hydroxylation sites is 1. The summed E-state index contributed by atoms with van der Waals surface area (Å²) in [6.07, 6.45) is 2.14. The molecule has 0 aliphatic heterocycles. The van der Waals surface area contributed by atoms with Crippen molar-refractivity contribution >= 4 is 11.3 Å². The predicted molar refractivity (Wildman–Crippen MR) is 86.6 cm³/mol. The number of rotatable bonds is 8. The van der Waals surface area contributed by atoms with Crippen molar-refractivity contribution in [3.8, 4) is 5.75 Å². The largest absolute Gasteiger partial charge is 0.494 e. The fourth-order valence-electron chi connectivity index (χ4n) is 2.25. The lowest BCUT2D eigenvalue weighted by atomic mass is 10.1. The predicted octanol–water partition coefficient (Wildman–Crippen LogP) is 4.57. The number of thiophene rings is 1. The first-order valence-electron chi connectivity index (χ1n) is 7.26. The van der Waals surface area contributed by atoms with Crippen molar-refractivity contribution in [1.82, 2.24) is 5.32 Å². The van der Waals surface area contributed by atoms with E-state index < -0.39 is 0 Å². The minimum atomic E-state index is 0.393. The number of aryl methyl sites for hydroxylation is 1. The van der Waals surface area contributed by atoms with Gasteiger partial charge in [-0.2, -0.15) is 0 Å². The highest BCUT2D eigenvalue weighted by atomic mass is 32.1. The molecule has 2 aromatic rings. The van der Waals surface area contributed by atoms with Gasteiger partial charge in [-0.25, -0.2) is 0 Å². The molecule has 2 nitrogen and oxygen atoms in total. The van der Waals surface area contributed by atoms with Gasteiger partial charge in [0.1, 0.15) is 5.75 Å². The SMILES string of the molecule is CCCNC(CCOc1ccccc1)c1ccsc1C. The third-order valence-electron chi connectivity index (χ3n) is 3.33. The molecular formula is C17H23NOS.